The SMILES string of the molecule is Cc1nn(Cc2ccc(C(=O)Nc3cn(C)nc3C(=O)NCc3ccco3)cc2)c(C)c1[N+](=O)[O-]. The fourth-order valence-electron chi connectivity index (χ4n) is 3.65. The summed E-state index contributed by atoms with van der Waals surface area (Å²) in [7, 11) is 1.65. The molecule has 0 saturated heterocycles. The predicted octanol–water partition coefficient (Wildman–Crippen LogP) is 2.97. The summed E-state index contributed by atoms with van der Waals surface area (Å²) >= 11 is 0. The molecule has 0 spiro atoms. The Morgan fingerprint density at radius 3 is 2.49 bits per heavy atom. The van der Waals surface area contributed by atoms with Crippen LogP contribution in [0.5, 0.6) is 0 Å². The Labute approximate surface area is 199 Å². The van der Waals surface area contributed by atoms with Gasteiger partial charge in [-0.2, -0.15) is 10.2 Å². The third kappa shape index (κ3) is 5.11. The van der Waals surface area contributed by atoms with Crippen LogP contribution in [0.4, 0.5) is 11.4 Å². The molecule has 0 aliphatic rings. The summed E-state index contributed by atoms with van der Waals surface area (Å²) in [5.41, 5.74) is 2.36. The molecule has 4 rings (SSSR count). The molecule has 0 radical (unpaired) electrons. The number of benzene rings is 1. The van der Waals surface area contributed by atoms with Gasteiger partial charge in [-0.25, -0.2) is 0 Å². The lowest BCUT2D eigenvalue weighted by Gasteiger charge is -2.08. The Morgan fingerprint density at radius 1 is 1.11 bits per heavy atom. The van der Waals surface area contributed by atoms with E-state index in [1.54, 1.807) is 68.2 Å². The molecule has 180 valence electrons. The molecule has 4 aromatic rings. The number of carbonyl (C=O) groups excluding carboxylic acids is 2. The van der Waals surface area contributed by atoms with Crippen molar-refractivity contribution < 1.29 is 18.9 Å². The van der Waals surface area contributed by atoms with Crippen LogP contribution in [0.25, 0.3) is 0 Å². The van der Waals surface area contributed by atoms with Crippen LogP contribution in [-0.2, 0) is 20.1 Å². The third-order valence-electron chi connectivity index (χ3n) is 5.37. The molecule has 0 aliphatic heterocycles. The van der Waals surface area contributed by atoms with E-state index in [1.165, 1.54) is 10.9 Å². The smallest absolute Gasteiger partial charge is 0.312 e. The van der Waals surface area contributed by atoms with Crippen molar-refractivity contribution in [1.82, 2.24) is 24.9 Å². The molecule has 3 heterocycles. The van der Waals surface area contributed by atoms with Crippen molar-refractivity contribution in [3.8, 4) is 0 Å². The highest BCUT2D eigenvalue weighted by atomic mass is 16.6. The molecule has 2 N–H and O–H groups in total. The number of hydrogen-bond acceptors (Lipinski definition) is 7. The summed E-state index contributed by atoms with van der Waals surface area (Å²) in [5.74, 6) is -0.270. The number of amides is 2. The Hall–Kier alpha value is -4.74. The maximum Gasteiger partial charge on any atom is 0.312 e. The van der Waals surface area contributed by atoms with E-state index in [0.717, 1.165) is 5.56 Å². The van der Waals surface area contributed by atoms with E-state index in [9.17, 15) is 19.7 Å². The molecule has 0 saturated carbocycles. The van der Waals surface area contributed by atoms with Crippen molar-refractivity contribution >= 4 is 23.2 Å². The zero-order chi connectivity index (χ0) is 25.1. The normalized spacial score (nSPS) is 10.8. The van der Waals surface area contributed by atoms with Gasteiger partial charge in [0.05, 0.1) is 30.0 Å². The number of hydrogen-bond donors (Lipinski definition) is 2. The highest BCUT2D eigenvalue weighted by Crippen LogP contribution is 2.23. The van der Waals surface area contributed by atoms with Crippen molar-refractivity contribution in [3.63, 3.8) is 0 Å². The minimum Gasteiger partial charge on any atom is -0.467 e. The maximum atomic E-state index is 12.8. The number of nitro groups is 1. The van der Waals surface area contributed by atoms with Crippen LogP contribution in [-0.4, -0.2) is 36.3 Å². The van der Waals surface area contributed by atoms with Gasteiger partial charge in [-0.05, 0) is 43.7 Å². The van der Waals surface area contributed by atoms with Gasteiger partial charge in [0.2, 0.25) is 0 Å². The van der Waals surface area contributed by atoms with Crippen LogP contribution in [0.15, 0.2) is 53.3 Å². The van der Waals surface area contributed by atoms with E-state index in [2.05, 4.69) is 20.8 Å². The minimum atomic E-state index is -0.452. The number of nitrogens with one attached hydrogen (secondary N) is 2. The molecule has 35 heavy (non-hydrogen) atoms. The van der Waals surface area contributed by atoms with Gasteiger partial charge in [0.25, 0.3) is 11.8 Å². The van der Waals surface area contributed by atoms with Crippen molar-refractivity contribution in [2.24, 2.45) is 7.05 Å². The molecule has 3 aromatic heterocycles. The third-order valence-corrected chi connectivity index (χ3v) is 5.37. The quantitative estimate of drug-likeness (QED) is 0.292. The first-order chi connectivity index (χ1) is 16.7. The summed E-state index contributed by atoms with van der Waals surface area (Å²) in [6.07, 6.45) is 3.06. The Balaban J connectivity index is 1.43. The van der Waals surface area contributed by atoms with Crippen LogP contribution in [0.2, 0.25) is 0 Å². The second-order valence-electron chi connectivity index (χ2n) is 7.91. The van der Waals surface area contributed by atoms with E-state index in [4.69, 9.17) is 4.42 Å². The van der Waals surface area contributed by atoms with Crippen LogP contribution in [0.3, 0.4) is 0 Å². The summed E-state index contributed by atoms with van der Waals surface area (Å²) < 4.78 is 8.20. The lowest BCUT2D eigenvalue weighted by molar-refractivity contribution is -0.386. The van der Waals surface area contributed by atoms with E-state index in [-0.39, 0.29) is 23.6 Å². The fraction of sp³-hybridized carbons (Fsp3) is 0.217. The van der Waals surface area contributed by atoms with Gasteiger partial charge in [0.1, 0.15) is 17.1 Å². The first kappa shape index (κ1) is 23.4. The van der Waals surface area contributed by atoms with Gasteiger partial charge in [0.15, 0.2) is 5.69 Å². The van der Waals surface area contributed by atoms with Crippen LogP contribution in [0.1, 0.15) is 43.6 Å². The number of furan rings is 1. The standard InChI is InChI=1S/C23H23N7O5/c1-14-21(30(33)34)15(2)29(26-14)12-16-6-8-17(9-7-16)22(31)25-19-13-28(3)27-20(19)23(32)24-11-18-5-4-10-35-18/h4-10,13H,11-12H2,1-3H3,(H,24,32)(H,25,31). The van der Waals surface area contributed by atoms with Crippen LogP contribution < -0.4 is 10.6 Å². The monoisotopic (exact) mass is 477 g/mol. The highest BCUT2D eigenvalue weighted by molar-refractivity contribution is 6.08. The molecule has 0 bridgehead atoms. The van der Waals surface area contributed by atoms with E-state index in [0.29, 0.717) is 29.3 Å². The first-order valence-electron chi connectivity index (χ1n) is 10.7. The molecular weight excluding hydrogens is 454 g/mol. The van der Waals surface area contributed by atoms with Crippen molar-refractivity contribution in [2.75, 3.05) is 5.32 Å². The van der Waals surface area contributed by atoms with Crippen molar-refractivity contribution in [3.05, 3.63) is 92.9 Å². The highest BCUT2D eigenvalue weighted by Gasteiger charge is 2.22. The molecule has 12 nitrogen and oxygen atoms in total. The molecule has 1 aromatic carbocycles. The van der Waals surface area contributed by atoms with Gasteiger partial charge >= 0.3 is 5.69 Å². The minimum absolute atomic E-state index is 0.00136. The molecule has 0 unspecified atom stereocenters. The van der Waals surface area contributed by atoms with Gasteiger partial charge in [-0.3, -0.25) is 29.1 Å². The molecular formula is C23H23N7O5. The molecule has 2 amide bonds. The number of aromatic nitrogens is 4. The second-order valence-corrected chi connectivity index (χ2v) is 7.91. The Kier molecular flexibility index (Phi) is 6.44. The average Bonchev–Trinajstić information content (AvgIpc) is 3.52. The Morgan fingerprint density at radius 2 is 1.86 bits per heavy atom. The topological polar surface area (TPSA) is 150 Å². The van der Waals surface area contributed by atoms with Gasteiger partial charge in [0, 0.05) is 18.8 Å². The van der Waals surface area contributed by atoms with E-state index < -0.39 is 16.7 Å². The van der Waals surface area contributed by atoms with Crippen molar-refractivity contribution in [2.45, 2.75) is 26.9 Å². The predicted molar refractivity (Wildman–Crippen MR) is 125 cm³/mol. The molecule has 0 aliphatic carbocycles. The number of aryl methyl sites for hydroxylation is 2. The number of rotatable bonds is 8. The van der Waals surface area contributed by atoms with Crippen molar-refractivity contribution in [1.29, 1.82) is 0 Å². The fourth-order valence-corrected chi connectivity index (χ4v) is 3.65. The summed E-state index contributed by atoms with van der Waals surface area (Å²) in [6, 6.07) is 10.2. The molecule has 0 atom stereocenters. The van der Waals surface area contributed by atoms with Gasteiger partial charge in [-0.1, -0.05) is 12.1 Å². The Bertz CT molecular complexity index is 1380. The molecule has 12 heteroatoms. The maximum absolute atomic E-state index is 12.8. The van der Waals surface area contributed by atoms with Gasteiger partial charge in [-0.15, -0.1) is 0 Å². The summed E-state index contributed by atoms with van der Waals surface area (Å²) in [6.45, 7) is 3.76. The largest absolute Gasteiger partial charge is 0.467 e. The van der Waals surface area contributed by atoms with Gasteiger partial charge < -0.3 is 15.1 Å². The zero-order valence-electron chi connectivity index (χ0n) is 19.3. The van der Waals surface area contributed by atoms with Crippen LogP contribution >= 0.6 is 0 Å². The van der Waals surface area contributed by atoms with Crippen LogP contribution in [0, 0.1) is 24.0 Å². The van der Waals surface area contributed by atoms with E-state index >= 15 is 0 Å². The number of carbonyl (C=O) groups is 2. The lowest BCUT2D eigenvalue weighted by Crippen LogP contribution is -2.25. The number of anilines is 1. The lowest BCUT2D eigenvalue weighted by atomic mass is 10.1. The molecule has 0 fully saturated rings. The number of nitrogens with zero attached hydrogens (tertiary/aromatic N) is 5. The zero-order valence-corrected chi connectivity index (χ0v) is 19.3. The summed E-state index contributed by atoms with van der Waals surface area (Å²) in [5, 5.41) is 25.0. The summed E-state index contributed by atoms with van der Waals surface area (Å²) in [4.78, 5) is 36.1. The average molecular weight is 477 g/mol. The first-order valence-corrected chi connectivity index (χ1v) is 10.7. The second kappa shape index (κ2) is 9.63. The van der Waals surface area contributed by atoms with E-state index in [1.807, 2.05) is 0 Å².